The molecule has 0 saturated carbocycles. The number of nitrogens with zero attached hydrogens (tertiary/aromatic N) is 3. The Morgan fingerprint density at radius 2 is 1.22 bits per heavy atom. The Bertz CT molecular complexity index is 1660. The summed E-state index contributed by atoms with van der Waals surface area (Å²) in [6, 6.07) is 18.4. The van der Waals surface area contributed by atoms with Gasteiger partial charge in [0.1, 0.15) is 18.2 Å². The number of likely N-dealkylation sites (N-methyl/N-ethyl adjacent to an activating group) is 1. The van der Waals surface area contributed by atoms with Gasteiger partial charge in [0.15, 0.2) is 0 Å². The molecule has 6 rings (SSSR count). The van der Waals surface area contributed by atoms with Crippen molar-refractivity contribution in [2.24, 2.45) is 0 Å². The van der Waals surface area contributed by atoms with Crippen LogP contribution in [0.3, 0.4) is 0 Å². The van der Waals surface area contributed by atoms with E-state index in [1.807, 2.05) is 74.4 Å². The quantitative estimate of drug-likeness (QED) is 0.159. The van der Waals surface area contributed by atoms with Crippen molar-refractivity contribution >= 4 is 57.8 Å². The minimum Gasteiger partial charge on any atom is -0.468 e. The van der Waals surface area contributed by atoms with Gasteiger partial charge in [-0.25, -0.2) is 9.59 Å². The van der Waals surface area contributed by atoms with Crippen molar-refractivity contribution in [3.63, 3.8) is 0 Å². The standard InChI is InChI=1S/C20H25ClN2O2S.C16H16ClNO2S.2CH4/c1-14(12-22(2)3)25-20(24)19(16-6-4-5-7-17(16)21)23-10-8-18-15(13-23)9-11-26-18;1-20-16(19)15(12-4-2-3-5-13(12)17)18-8-6-14-11(10-18)7-9-21-14;;/h4-7,9,11,14,19H,8,10,12-13H2,1-3H3;2-5,7,9,15H,6,8,10H2,1H3;2*1H4/t14-,19+;15-;;/m10../s1. The van der Waals surface area contributed by atoms with Crippen LogP contribution in [0.2, 0.25) is 10.0 Å². The van der Waals surface area contributed by atoms with Crippen molar-refractivity contribution in [2.75, 3.05) is 40.8 Å². The maximum atomic E-state index is 13.1. The normalized spacial score (nSPS) is 16.0. The van der Waals surface area contributed by atoms with Crippen LogP contribution in [0.4, 0.5) is 0 Å². The molecule has 49 heavy (non-hydrogen) atoms. The van der Waals surface area contributed by atoms with Gasteiger partial charge in [-0.1, -0.05) is 74.5 Å². The lowest BCUT2D eigenvalue weighted by molar-refractivity contribution is -0.156. The molecule has 2 aromatic heterocycles. The average Bonchev–Trinajstić information content (AvgIpc) is 3.72. The molecule has 7 nitrogen and oxygen atoms in total. The van der Waals surface area contributed by atoms with Crippen LogP contribution >= 0.6 is 45.9 Å². The number of hydrogen-bond donors (Lipinski definition) is 0. The fourth-order valence-corrected chi connectivity index (χ4v) is 8.50. The second-order valence-corrected chi connectivity index (χ2v) is 14.9. The lowest BCUT2D eigenvalue weighted by Crippen LogP contribution is -2.40. The van der Waals surface area contributed by atoms with Gasteiger partial charge in [-0.15, -0.1) is 22.7 Å². The Labute approximate surface area is 310 Å². The highest BCUT2D eigenvalue weighted by atomic mass is 35.5. The summed E-state index contributed by atoms with van der Waals surface area (Å²) in [6.07, 6.45) is 1.74. The molecule has 0 saturated heterocycles. The van der Waals surface area contributed by atoms with E-state index in [-0.39, 0.29) is 32.9 Å². The van der Waals surface area contributed by atoms with Gasteiger partial charge in [0.05, 0.1) is 7.11 Å². The number of hydrogen-bond acceptors (Lipinski definition) is 9. The summed E-state index contributed by atoms with van der Waals surface area (Å²) in [7, 11) is 5.36. The maximum Gasteiger partial charge on any atom is 0.328 e. The van der Waals surface area contributed by atoms with Gasteiger partial charge in [-0.2, -0.15) is 0 Å². The first-order valence-corrected chi connectivity index (χ1v) is 18.2. The molecule has 4 heterocycles. The molecular weight excluding hydrogens is 697 g/mol. The molecule has 0 spiro atoms. The van der Waals surface area contributed by atoms with Crippen molar-refractivity contribution in [3.8, 4) is 0 Å². The van der Waals surface area contributed by atoms with E-state index in [1.165, 1.54) is 28.0 Å². The van der Waals surface area contributed by atoms with Crippen LogP contribution in [-0.2, 0) is 45.0 Å². The van der Waals surface area contributed by atoms with Crippen LogP contribution in [0.1, 0.15) is 65.9 Å². The number of thiophene rings is 2. The highest BCUT2D eigenvalue weighted by molar-refractivity contribution is 7.10. The average molecular weight is 747 g/mol. The molecule has 2 aliphatic rings. The lowest BCUT2D eigenvalue weighted by atomic mass is 10.0. The molecular formula is C38H49Cl2N3O4S2. The number of halogens is 2. The van der Waals surface area contributed by atoms with E-state index in [9.17, 15) is 9.59 Å². The Morgan fingerprint density at radius 3 is 1.65 bits per heavy atom. The number of methoxy groups -OCH3 is 1. The third-order valence-electron chi connectivity index (χ3n) is 8.39. The molecule has 0 N–H and O–H groups in total. The van der Waals surface area contributed by atoms with Gasteiger partial charge in [0, 0.05) is 52.5 Å². The summed E-state index contributed by atoms with van der Waals surface area (Å²) in [5, 5.41) is 5.43. The Balaban J connectivity index is 0.000000260. The van der Waals surface area contributed by atoms with Gasteiger partial charge in [0.2, 0.25) is 0 Å². The predicted molar refractivity (Wildman–Crippen MR) is 205 cm³/mol. The first-order valence-electron chi connectivity index (χ1n) is 15.7. The summed E-state index contributed by atoms with van der Waals surface area (Å²) >= 11 is 16.3. The van der Waals surface area contributed by atoms with Crippen molar-refractivity contribution in [2.45, 2.75) is 65.9 Å². The van der Waals surface area contributed by atoms with E-state index in [0.29, 0.717) is 16.6 Å². The summed E-state index contributed by atoms with van der Waals surface area (Å²) in [4.78, 5) is 34.6. The van der Waals surface area contributed by atoms with Crippen LogP contribution in [-0.4, -0.2) is 73.6 Å². The molecule has 266 valence electrons. The molecule has 3 atom stereocenters. The number of carbonyl (C=O) groups excluding carboxylic acids is 2. The van der Waals surface area contributed by atoms with Crippen molar-refractivity contribution in [3.05, 3.63) is 113 Å². The van der Waals surface area contributed by atoms with E-state index in [1.54, 1.807) is 22.7 Å². The third kappa shape index (κ3) is 10.2. The van der Waals surface area contributed by atoms with Crippen LogP contribution in [0.25, 0.3) is 0 Å². The Hall–Kier alpha value is -2.76. The number of rotatable bonds is 9. The number of ether oxygens (including phenoxy) is 2. The first-order chi connectivity index (χ1) is 22.7. The number of benzene rings is 2. The molecule has 0 radical (unpaired) electrons. The van der Waals surface area contributed by atoms with Crippen molar-refractivity contribution < 1.29 is 19.1 Å². The summed E-state index contributed by atoms with van der Waals surface area (Å²) in [6.45, 7) is 5.76. The zero-order chi connectivity index (χ0) is 33.5. The fourth-order valence-electron chi connectivity index (χ4n) is 6.25. The smallest absolute Gasteiger partial charge is 0.328 e. The van der Waals surface area contributed by atoms with E-state index in [0.717, 1.165) is 50.1 Å². The molecule has 0 amide bonds. The lowest BCUT2D eigenvalue weighted by Gasteiger charge is -2.34. The third-order valence-corrected chi connectivity index (χ3v) is 11.1. The van der Waals surface area contributed by atoms with Gasteiger partial charge < -0.3 is 14.4 Å². The molecule has 0 bridgehead atoms. The molecule has 0 aliphatic carbocycles. The van der Waals surface area contributed by atoms with Gasteiger partial charge in [0.25, 0.3) is 0 Å². The zero-order valence-corrected chi connectivity index (χ0v) is 30.3. The van der Waals surface area contributed by atoms with Crippen molar-refractivity contribution in [1.82, 2.24) is 14.7 Å². The summed E-state index contributed by atoms with van der Waals surface area (Å²) < 4.78 is 10.8. The SMILES string of the molecule is C.C.COC(=O)[C@H](c1ccccc1Cl)N1CCc2sccc2C1.C[C@H](CN(C)C)OC(=O)[C@H](c1ccccc1Cl)N1CCc2sccc2C1. The van der Waals surface area contributed by atoms with Crippen LogP contribution in [0.5, 0.6) is 0 Å². The fraction of sp³-hybridized carbons (Fsp3) is 0.421. The number of fused-ring (bicyclic) bond motifs is 2. The zero-order valence-electron chi connectivity index (χ0n) is 27.2. The molecule has 2 aromatic carbocycles. The van der Waals surface area contributed by atoms with Crippen LogP contribution < -0.4 is 0 Å². The topological polar surface area (TPSA) is 62.3 Å². The number of esters is 2. The molecule has 0 fully saturated rings. The highest BCUT2D eigenvalue weighted by Crippen LogP contribution is 2.35. The number of carbonyl (C=O) groups is 2. The van der Waals surface area contributed by atoms with Crippen LogP contribution in [0.15, 0.2) is 71.4 Å². The second kappa shape index (κ2) is 19.0. The van der Waals surface area contributed by atoms with Crippen molar-refractivity contribution in [1.29, 1.82) is 0 Å². The highest BCUT2D eigenvalue weighted by Gasteiger charge is 2.35. The van der Waals surface area contributed by atoms with Crippen LogP contribution in [0, 0.1) is 0 Å². The van der Waals surface area contributed by atoms with Gasteiger partial charge in [-0.05, 0) is 91.1 Å². The van der Waals surface area contributed by atoms with E-state index < -0.39 is 12.1 Å². The minimum atomic E-state index is -0.485. The largest absolute Gasteiger partial charge is 0.468 e. The molecule has 11 heteroatoms. The Morgan fingerprint density at radius 1 is 0.776 bits per heavy atom. The van der Waals surface area contributed by atoms with Gasteiger partial charge in [-0.3, -0.25) is 9.80 Å². The Kier molecular flexibility index (Phi) is 15.8. The monoisotopic (exact) mass is 745 g/mol. The van der Waals surface area contributed by atoms with E-state index >= 15 is 0 Å². The van der Waals surface area contributed by atoms with Gasteiger partial charge >= 0.3 is 11.9 Å². The molecule has 4 aromatic rings. The summed E-state index contributed by atoms with van der Waals surface area (Å²) in [5.74, 6) is -0.493. The first kappa shape index (κ1) is 40.7. The minimum absolute atomic E-state index is 0. The molecule has 0 unspecified atom stereocenters. The van der Waals surface area contributed by atoms with E-state index in [2.05, 4.69) is 32.7 Å². The second-order valence-electron chi connectivity index (χ2n) is 12.1. The summed E-state index contributed by atoms with van der Waals surface area (Å²) in [5.41, 5.74) is 4.22. The van der Waals surface area contributed by atoms with E-state index in [4.69, 9.17) is 32.7 Å². The predicted octanol–water partition coefficient (Wildman–Crippen LogP) is 8.94. The maximum absolute atomic E-state index is 13.1. The molecule has 2 aliphatic heterocycles.